The number of carbonyl (C=O) groups is 3. The lowest BCUT2D eigenvalue weighted by atomic mass is 9.82. The number of benzene rings is 2. The van der Waals surface area contributed by atoms with Crippen molar-refractivity contribution in [3.05, 3.63) is 53.6 Å². The number of hydrogen-bond donors (Lipinski definition) is 3. The van der Waals surface area contributed by atoms with E-state index in [0.29, 0.717) is 60.0 Å². The average molecular weight is 479 g/mol. The van der Waals surface area contributed by atoms with E-state index in [2.05, 4.69) is 10.6 Å². The summed E-state index contributed by atoms with van der Waals surface area (Å²) in [5, 5.41) is 6.91. The molecule has 1 saturated heterocycles. The molecule has 0 bridgehead atoms. The van der Waals surface area contributed by atoms with Crippen LogP contribution in [0.4, 0.5) is 15.5 Å². The molecule has 0 aliphatic carbocycles. The topological polar surface area (TPSA) is 114 Å². The number of likely N-dealkylation sites (tertiary alicyclic amines) is 1. The van der Waals surface area contributed by atoms with Gasteiger partial charge in [0, 0.05) is 48.2 Å². The van der Waals surface area contributed by atoms with Gasteiger partial charge in [-0.3, -0.25) is 14.9 Å². The van der Waals surface area contributed by atoms with E-state index in [1.807, 2.05) is 31.2 Å². The van der Waals surface area contributed by atoms with Crippen LogP contribution in [-0.4, -0.2) is 47.9 Å². The number of nitrogens with one attached hydrogen (secondary N) is 2. The Morgan fingerprint density at radius 3 is 2.71 bits per heavy atom. The van der Waals surface area contributed by atoms with Crippen LogP contribution in [-0.2, 0) is 0 Å². The lowest BCUT2D eigenvalue weighted by Gasteiger charge is -2.44. The minimum atomic E-state index is -0.615. The van der Waals surface area contributed by atoms with Crippen molar-refractivity contribution in [3.8, 4) is 5.75 Å². The average Bonchev–Trinajstić information content (AvgIpc) is 3.17. The van der Waals surface area contributed by atoms with Crippen molar-refractivity contribution in [3.63, 3.8) is 0 Å². The van der Waals surface area contributed by atoms with Gasteiger partial charge in [0.2, 0.25) is 0 Å². The first kappa shape index (κ1) is 22.2. The van der Waals surface area contributed by atoms with Crippen LogP contribution in [0.1, 0.15) is 46.9 Å². The maximum Gasteiger partial charge on any atom is 0.319 e. The molecule has 8 nitrogen and oxygen atoms in total. The van der Waals surface area contributed by atoms with Crippen molar-refractivity contribution in [2.24, 2.45) is 0 Å². The molecular weight excluding hydrogens is 452 g/mol. The highest BCUT2D eigenvalue weighted by atomic mass is 32.1. The maximum atomic E-state index is 13.6. The van der Waals surface area contributed by atoms with Gasteiger partial charge in [-0.2, -0.15) is 0 Å². The Hall–Kier alpha value is -3.59. The SMILES string of the molecule is CCNC(=O)Nc1sc2ccccc2c1C(=O)N1CCC2(CC1)CC(=O)c1cc(N)ccc1O2. The smallest absolute Gasteiger partial charge is 0.319 e. The van der Waals surface area contributed by atoms with E-state index in [1.165, 1.54) is 11.3 Å². The predicted octanol–water partition coefficient (Wildman–Crippen LogP) is 4.27. The number of fused-ring (bicyclic) bond motifs is 2. The molecule has 34 heavy (non-hydrogen) atoms. The molecule has 5 rings (SSSR count). The lowest BCUT2D eigenvalue weighted by molar-refractivity contribution is -0.00561. The predicted molar refractivity (Wildman–Crippen MR) is 133 cm³/mol. The second kappa shape index (κ2) is 8.64. The zero-order valence-corrected chi connectivity index (χ0v) is 19.7. The molecule has 176 valence electrons. The Kier molecular flexibility index (Phi) is 5.65. The van der Waals surface area contributed by atoms with Gasteiger partial charge in [-0.25, -0.2) is 4.79 Å². The van der Waals surface area contributed by atoms with Crippen LogP contribution in [0.25, 0.3) is 10.1 Å². The molecule has 2 aliphatic heterocycles. The third-order valence-corrected chi connectivity index (χ3v) is 7.54. The lowest BCUT2D eigenvalue weighted by Crippen LogP contribution is -2.52. The number of nitrogen functional groups attached to an aromatic ring is 1. The summed E-state index contributed by atoms with van der Waals surface area (Å²) < 4.78 is 7.23. The number of ketones is 1. The van der Waals surface area contributed by atoms with Gasteiger partial charge in [0.1, 0.15) is 16.4 Å². The largest absolute Gasteiger partial charge is 0.486 e. The molecule has 0 unspecified atom stereocenters. The molecule has 0 saturated carbocycles. The number of carbonyl (C=O) groups excluding carboxylic acids is 3. The Morgan fingerprint density at radius 1 is 1.18 bits per heavy atom. The van der Waals surface area contributed by atoms with Crippen molar-refractivity contribution < 1.29 is 19.1 Å². The molecule has 2 aliphatic rings. The number of urea groups is 1. The fourth-order valence-electron chi connectivity index (χ4n) is 4.72. The second-order valence-electron chi connectivity index (χ2n) is 8.72. The van der Waals surface area contributed by atoms with Crippen LogP contribution in [0.3, 0.4) is 0 Å². The summed E-state index contributed by atoms with van der Waals surface area (Å²) in [5.41, 5.74) is 6.78. The van der Waals surface area contributed by atoms with Gasteiger partial charge in [0.15, 0.2) is 5.78 Å². The standard InChI is InChI=1S/C25H26N4O4S/c1-2-27-24(32)28-22-21(16-5-3-4-6-20(16)34-22)23(31)29-11-9-25(10-12-29)14-18(30)17-13-15(26)7-8-19(17)33-25/h3-8,13H,2,9-12,14,26H2,1H3,(H2,27,28,32). The first-order valence-corrected chi connectivity index (χ1v) is 12.2. The van der Waals surface area contributed by atoms with E-state index in [4.69, 9.17) is 10.5 Å². The number of anilines is 2. The number of nitrogens with zero attached hydrogens (tertiary/aromatic N) is 1. The van der Waals surface area contributed by atoms with Crippen LogP contribution in [0.15, 0.2) is 42.5 Å². The molecule has 1 spiro atoms. The number of thiophene rings is 1. The molecule has 1 aromatic heterocycles. The van der Waals surface area contributed by atoms with Crippen molar-refractivity contribution in [1.29, 1.82) is 0 Å². The van der Waals surface area contributed by atoms with Gasteiger partial charge in [-0.15, -0.1) is 11.3 Å². The van der Waals surface area contributed by atoms with E-state index in [0.717, 1.165) is 10.1 Å². The van der Waals surface area contributed by atoms with Gasteiger partial charge in [0.05, 0.1) is 17.5 Å². The number of hydrogen-bond acceptors (Lipinski definition) is 6. The number of amides is 3. The molecule has 4 N–H and O–H groups in total. The fourth-order valence-corrected chi connectivity index (χ4v) is 5.81. The second-order valence-corrected chi connectivity index (χ2v) is 9.77. The highest BCUT2D eigenvalue weighted by molar-refractivity contribution is 7.23. The summed E-state index contributed by atoms with van der Waals surface area (Å²) in [7, 11) is 0. The Bertz CT molecular complexity index is 1290. The van der Waals surface area contributed by atoms with Gasteiger partial charge < -0.3 is 20.7 Å². The van der Waals surface area contributed by atoms with Gasteiger partial charge in [-0.1, -0.05) is 18.2 Å². The van der Waals surface area contributed by atoms with Gasteiger partial charge in [0.25, 0.3) is 5.91 Å². The first-order chi connectivity index (χ1) is 16.4. The third-order valence-electron chi connectivity index (χ3n) is 6.45. The summed E-state index contributed by atoms with van der Waals surface area (Å²) in [4.78, 5) is 40.4. The summed E-state index contributed by atoms with van der Waals surface area (Å²) >= 11 is 1.39. The molecule has 1 fully saturated rings. The summed E-state index contributed by atoms with van der Waals surface area (Å²) in [6, 6.07) is 12.4. The Labute approximate surface area is 201 Å². The van der Waals surface area contributed by atoms with E-state index in [-0.39, 0.29) is 24.1 Å². The Morgan fingerprint density at radius 2 is 1.94 bits per heavy atom. The first-order valence-electron chi connectivity index (χ1n) is 11.4. The molecule has 0 atom stereocenters. The third kappa shape index (κ3) is 3.96. The highest BCUT2D eigenvalue weighted by Gasteiger charge is 2.44. The number of Topliss-reactive ketones (excluding diaryl/α,β-unsaturated/α-hetero) is 1. The molecule has 0 radical (unpaired) electrons. The Balaban J connectivity index is 1.37. The van der Waals surface area contributed by atoms with Crippen LogP contribution < -0.4 is 21.1 Å². The molecule has 3 amide bonds. The molecular formula is C25H26N4O4S. The van der Waals surface area contributed by atoms with E-state index < -0.39 is 5.60 Å². The van der Waals surface area contributed by atoms with Gasteiger partial charge >= 0.3 is 6.03 Å². The normalized spacial score (nSPS) is 16.7. The number of rotatable bonds is 3. The quantitative estimate of drug-likeness (QED) is 0.487. The van der Waals surface area contributed by atoms with Crippen LogP contribution in [0.5, 0.6) is 5.75 Å². The minimum absolute atomic E-state index is 0.0191. The number of piperidine rings is 1. The molecule has 3 aromatic rings. The van der Waals surface area contributed by atoms with Crippen LogP contribution in [0, 0.1) is 0 Å². The highest BCUT2D eigenvalue weighted by Crippen LogP contribution is 2.41. The zero-order valence-electron chi connectivity index (χ0n) is 18.8. The zero-order chi connectivity index (χ0) is 23.9. The van der Waals surface area contributed by atoms with Crippen molar-refractivity contribution >= 4 is 49.8 Å². The maximum absolute atomic E-state index is 13.6. The van der Waals surface area contributed by atoms with Crippen LogP contribution >= 0.6 is 11.3 Å². The molecule has 9 heteroatoms. The fraction of sp³-hybridized carbons (Fsp3) is 0.320. The van der Waals surface area contributed by atoms with E-state index in [1.54, 1.807) is 23.1 Å². The van der Waals surface area contributed by atoms with E-state index in [9.17, 15) is 14.4 Å². The minimum Gasteiger partial charge on any atom is -0.486 e. The van der Waals surface area contributed by atoms with Crippen molar-refractivity contribution in [2.45, 2.75) is 31.8 Å². The summed E-state index contributed by atoms with van der Waals surface area (Å²) in [6.45, 7) is 3.25. The number of nitrogens with two attached hydrogens (primary N) is 1. The van der Waals surface area contributed by atoms with E-state index >= 15 is 0 Å². The van der Waals surface area contributed by atoms with Gasteiger partial charge in [-0.05, 0) is 31.2 Å². The molecule has 2 aromatic carbocycles. The molecule has 3 heterocycles. The van der Waals surface area contributed by atoms with Crippen molar-refractivity contribution in [1.82, 2.24) is 10.2 Å². The summed E-state index contributed by atoms with van der Waals surface area (Å²) in [6.07, 6.45) is 1.38. The monoisotopic (exact) mass is 478 g/mol. The van der Waals surface area contributed by atoms with Crippen LogP contribution in [0.2, 0.25) is 0 Å². The summed E-state index contributed by atoms with van der Waals surface area (Å²) in [5.74, 6) is 0.447. The van der Waals surface area contributed by atoms with Crippen molar-refractivity contribution in [2.75, 3.05) is 30.7 Å². The number of ether oxygens (including phenoxy) is 1.